The lowest BCUT2D eigenvalue weighted by atomic mass is 10.5. The van der Waals surface area contributed by atoms with Gasteiger partial charge in [-0.2, -0.15) is 0 Å². The van der Waals surface area contributed by atoms with E-state index in [1.54, 1.807) is 0 Å². The van der Waals surface area contributed by atoms with E-state index in [0.29, 0.717) is 5.65 Å². The van der Waals surface area contributed by atoms with Crippen LogP contribution in [0.1, 0.15) is 0 Å². The average molecular weight is 213 g/mol. The zero-order valence-electron chi connectivity index (χ0n) is 7.11. The van der Waals surface area contributed by atoms with Crippen LogP contribution in [-0.2, 0) is 7.05 Å². The molecule has 0 aliphatic carbocycles. The maximum Gasteiger partial charge on any atom is 0.317 e. The second-order valence-electron chi connectivity index (χ2n) is 2.68. The Morgan fingerprint density at radius 1 is 1.43 bits per heavy atom. The summed E-state index contributed by atoms with van der Waals surface area (Å²) in [6.45, 7) is 0. The van der Waals surface area contributed by atoms with Gasteiger partial charge in [-0.05, 0) is 0 Å². The highest BCUT2D eigenvalue weighted by Gasteiger charge is 2.08. The van der Waals surface area contributed by atoms with Gasteiger partial charge in [0.05, 0.1) is 0 Å². The minimum atomic E-state index is -0.739. The summed E-state index contributed by atoms with van der Waals surface area (Å²) >= 11 is 5.72. The second-order valence-corrected chi connectivity index (χ2v) is 3.04. The SMILES string of the molecule is Cn1c(=O)c(=O)[nH]c2c(Cl)ncnc21. The molecule has 2 heterocycles. The predicted molar refractivity (Wildman–Crippen MR) is 50.4 cm³/mol. The maximum atomic E-state index is 11.2. The summed E-state index contributed by atoms with van der Waals surface area (Å²) in [5, 5.41) is 0.114. The summed E-state index contributed by atoms with van der Waals surface area (Å²) in [5.41, 5.74) is -0.847. The highest BCUT2D eigenvalue weighted by molar-refractivity contribution is 6.33. The van der Waals surface area contributed by atoms with Gasteiger partial charge in [-0.15, -0.1) is 0 Å². The van der Waals surface area contributed by atoms with Crippen molar-refractivity contribution in [1.82, 2.24) is 19.5 Å². The van der Waals surface area contributed by atoms with E-state index in [-0.39, 0.29) is 10.7 Å². The van der Waals surface area contributed by atoms with Gasteiger partial charge in [0.25, 0.3) is 0 Å². The zero-order valence-corrected chi connectivity index (χ0v) is 7.87. The Bertz CT molecular complexity index is 615. The van der Waals surface area contributed by atoms with Crippen LogP contribution in [0.3, 0.4) is 0 Å². The third kappa shape index (κ3) is 1.12. The fourth-order valence-electron chi connectivity index (χ4n) is 1.13. The van der Waals surface area contributed by atoms with Crippen LogP contribution < -0.4 is 11.1 Å². The minimum absolute atomic E-state index is 0.114. The molecule has 2 rings (SSSR count). The molecule has 0 saturated heterocycles. The molecule has 0 aliphatic rings. The quantitative estimate of drug-likeness (QED) is 0.479. The number of aromatic amines is 1. The van der Waals surface area contributed by atoms with Crippen LogP contribution in [0.4, 0.5) is 0 Å². The molecule has 14 heavy (non-hydrogen) atoms. The maximum absolute atomic E-state index is 11.2. The molecule has 0 saturated carbocycles. The van der Waals surface area contributed by atoms with Gasteiger partial charge in [0.2, 0.25) is 0 Å². The van der Waals surface area contributed by atoms with E-state index in [1.807, 2.05) is 0 Å². The number of hydrogen-bond donors (Lipinski definition) is 1. The third-order valence-corrected chi connectivity index (χ3v) is 2.12. The first kappa shape index (κ1) is 8.89. The molecule has 0 radical (unpaired) electrons. The standard InChI is InChI=1S/C7H5ClN4O2/c1-12-5-3(4(8)9-2-10-5)11-6(13)7(12)14/h2H,1H3,(H,11,13). The van der Waals surface area contributed by atoms with Crippen molar-refractivity contribution in [3.63, 3.8) is 0 Å². The normalized spacial score (nSPS) is 10.7. The topological polar surface area (TPSA) is 80.6 Å². The van der Waals surface area contributed by atoms with Gasteiger partial charge in [-0.1, -0.05) is 11.6 Å². The molecule has 0 aliphatic heterocycles. The van der Waals surface area contributed by atoms with Crippen LogP contribution in [-0.4, -0.2) is 19.5 Å². The van der Waals surface area contributed by atoms with Gasteiger partial charge >= 0.3 is 11.1 Å². The van der Waals surface area contributed by atoms with E-state index >= 15 is 0 Å². The number of H-pyrrole nitrogens is 1. The summed E-state index contributed by atoms with van der Waals surface area (Å²) in [4.78, 5) is 32.2. The first-order valence-corrected chi connectivity index (χ1v) is 4.08. The summed E-state index contributed by atoms with van der Waals surface area (Å²) in [7, 11) is 1.45. The number of fused-ring (bicyclic) bond motifs is 1. The molecular weight excluding hydrogens is 208 g/mol. The van der Waals surface area contributed by atoms with Crippen LogP contribution in [0, 0.1) is 0 Å². The van der Waals surface area contributed by atoms with Gasteiger partial charge in [-0.25, -0.2) is 9.97 Å². The Morgan fingerprint density at radius 3 is 2.86 bits per heavy atom. The molecule has 0 unspecified atom stereocenters. The van der Waals surface area contributed by atoms with Crippen LogP contribution in [0.2, 0.25) is 5.15 Å². The smallest absolute Gasteiger partial charge is 0.312 e. The Hall–Kier alpha value is -1.69. The first-order valence-electron chi connectivity index (χ1n) is 3.71. The lowest BCUT2D eigenvalue weighted by Gasteiger charge is -2.02. The highest BCUT2D eigenvalue weighted by Crippen LogP contribution is 2.12. The molecule has 0 atom stereocenters. The number of hydrogen-bond acceptors (Lipinski definition) is 4. The molecule has 72 valence electrons. The molecule has 0 spiro atoms. The van der Waals surface area contributed by atoms with Crippen LogP contribution in [0.15, 0.2) is 15.9 Å². The molecule has 0 fully saturated rings. The van der Waals surface area contributed by atoms with E-state index in [0.717, 1.165) is 4.57 Å². The van der Waals surface area contributed by atoms with Gasteiger partial charge in [0, 0.05) is 7.05 Å². The van der Waals surface area contributed by atoms with Crippen LogP contribution in [0.25, 0.3) is 11.2 Å². The number of rotatable bonds is 0. The lowest BCUT2D eigenvalue weighted by Crippen LogP contribution is -2.35. The molecule has 6 nitrogen and oxygen atoms in total. The molecule has 2 aromatic heterocycles. The van der Waals surface area contributed by atoms with Crippen molar-refractivity contribution in [2.45, 2.75) is 0 Å². The van der Waals surface area contributed by atoms with Crippen molar-refractivity contribution in [1.29, 1.82) is 0 Å². The van der Waals surface area contributed by atoms with E-state index in [9.17, 15) is 9.59 Å². The van der Waals surface area contributed by atoms with Gasteiger partial charge in [-0.3, -0.25) is 14.2 Å². The van der Waals surface area contributed by atoms with Crippen molar-refractivity contribution < 1.29 is 0 Å². The van der Waals surface area contributed by atoms with E-state index in [4.69, 9.17) is 11.6 Å². The molecule has 0 amide bonds. The number of halogens is 1. The third-order valence-electron chi connectivity index (χ3n) is 1.84. The summed E-state index contributed by atoms with van der Waals surface area (Å²) in [6.07, 6.45) is 1.22. The summed E-state index contributed by atoms with van der Waals surface area (Å²) in [5.74, 6) is 0. The zero-order chi connectivity index (χ0) is 10.3. The average Bonchev–Trinajstić information content (AvgIpc) is 2.17. The Morgan fingerprint density at radius 2 is 2.14 bits per heavy atom. The molecule has 2 aromatic rings. The first-order chi connectivity index (χ1) is 6.61. The molecule has 0 bridgehead atoms. The van der Waals surface area contributed by atoms with Crippen LogP contribution >= 0.6 is 11.6 Å². The van der Waals surface area contributed by atoms with E-state index in [2.05, 4.69) is 15.0 Å². The fourth-order valence-corrected chi connectivity index (χ4v) is 1.31. The molecule has 1 N–H and O–H groups in total. The molecule has 7 heteroatoms. The van der Waals surface area contributed by atoms with Crippen molar-refractivity contribution in [2.24, 2.45) is 7.05 Å². The van der Waals surface area contributed by atoms with Crippen molar-refractivity contribution in [3.8, 4) is 0 Å². The van der Waals surface area contributed by atoms with Gasteiger partial charge < -0.3 is 4.98 Å². The van der Waals surface area contributed by atoms with Crippen LogP contribution in [0.5, 0.6) is 0 Å². The van der Waals surface area contributed by atoms with E-state index in [1.165, 1.54) is 13.4 Å². The van der Waals surface area contributed by atoms with Crippen molar-refractivity contribution in [3.05, 3.63) is 32.2 Å². The second kappa shape index (κ2) is 2.91. The number of aryl methyl sites for hydroxylation is 1. The Balaban J connectivity index is 3.14. The van der Waals surface area contributed by atoms with Crippen molar-refractivity contribution in [2.75, 3.05) is 0 Å². The van der Waals surface area contributed by atoms with Crippen molar-refractivity contribution >= 4 is 22.8 Å². The monoisotopic (exact) mass is 212 g/mol. The number of nitrogens with zero attached hydrogens (tertiary/aromatic N) is 3. The summed E-state index contributed by atoms with van der Waals surface area (Å²) < 4.78 is 1.13. The predicted octanol–water partition coefficient (Wildman–Crippen LogP) is -0.330. The van der Waals surface area contributed by atoms with Gasteiger partial charge in [0.1, 0.15) is 11.8 Å². The van der Waals surface area contributed by atoms with Gasteiger partial charge in [0.15, 0.2) is 10.8 Å². The Labute approximate surface area is 82.2 Å². The number of aromatic nitrogens is 4. The van der Waals surface area contributed by atoms with E-state index < -0.39 is 11.1 Å². The lowest BCUT2D eigenvalue weighted by molar-refractivity contribution is 0.852. The molecular formula is C7H5ClN4O2. The fraction of sp³-hybridized carbons (Fsp3) is 0.143. The number of nitrogens with one attached hydrogen (secondary N) is 1. The Kier molecular flexibility index (Phi) is 1.85. The molecule has 0 aromatic carbocycles. The summed E-state index contributed by atoms with van der Waals surface area (Å²) in [6, 6.07) is 0. The highest BCUT2D eigenvalue weighted by atomic mass is 35.5. The largest absolute Gasteiger partial charge is 0.317 e. The minimum Gasteiger partial charge on any atom is -0.312 e.